The molecule has 0 radical (unpaired) electrons. The molecule has 29 heavy (non-hydrogen) atoms. The van der Waals surface area contributed by atoms with Crippen LogP contribution in [0.5, 0.6) is 17.2 Å². The van der Waals surface area contributed by atoms with Gasteiger partial charge in [0, 0.05) is 31.1 Å². The second-order valence-electron chi connectivity index (χ2n) is 8.49. The first-order chi connectivity index (χ1) is 13.7. The Morgan fingerprint density at radius 3 is 2.38 bits per heavy atom. The molecule has 1 aromatic carbocycles. The van der Waals surface area contributed by atoms with Crippen molar-refractivity contribution in [1.82, 2.24) is 4.90 Å². The predicted octanol–water partition coefficient (Wildman–Crippen LogP) is 3.65. The maximum Gasteiger partial charge on any atom is 0.410 e. The Morgan fingerprint density at radius 2 is 1.79 bits per heavy atom. The Labute approximate surface area is 171 Å². The first-order valence-corrected chi connectivity index (χ1v) is 9.94. The molecule has 1 N–H and O–H groups in total. The van der Waals surface area contributed by atoms with Crippen molar-refractivity contribution in [3.05, 3.63) is 12.1 Å². The standard InChI is InChI=1S/C21H30N2O6/c1-13(14-6-8-23(9-7-14)20(25)29-21(2,3)4)19(24)22-15-10-17-18(28-12-27-17)11-16(15)26-5/h10-11,13-14H,6-9,12H2,1-5H3,(H,22,24). The molecule has 0 aliphatic carbocycles. The highest BCUT2D eigenvalue weighted by Gasteiger charge is 2.32. The molecule has 2 aliphatic heterocycles. The zero-order valence-electron chi connectivity index (χ0n) is 17.7. The summed E-state index contributed by atoms with van der Waals surface area (Å²) in [5.74, 6) is 1.61. The van der Waals surface area contributed by atoms with Gasteiger partial charge in [-0.2, -0.15) is 0 Å². The van der Waals surface area contributed by atoms with Crippen molar-refractivity contribution in [2.45, 2.75) is 46.1 Å². The molecule has 0 spiro atoms. The quantitative estimate of drug-likeness (QED) is 0.821. The van der Waals surface area contributed by atoms with Crippen molar-refractivity contribution >= 4 is 17.7 Å². The van der Waals surface area contributed by atoms with Crippen LogP contribution in [0.1, 0.15) is 40.5 Å². The third-order valence-corrected chi connectivity index (χ3v) is 5.26. The average molecular weight is 406 g/mol. The largest absolute Gasteiger partial charge is 0.494 e. The number of rotatable bonds is 4. The summed E-state index contributed by atoms with van der Waals surface area (Å²) in [6.45, 7) is 8.82. The molecular formula is C21H30N2O6. The van der Waals surface area contributed by atoms with Crippen LogP contribution in [-0.4, -0.2) is 49.5 Å². The third-order valence-electron chi connectivity index (χ3n) is 5.26. The smallest absolute Gasteiger partial charge is 0.410 e. The molecule has 0 aromatic heterocycles. The maximum absolute atomic E-state index is 12.8. The van der Waals surface area contributed by atoms with Gasteiger partial charge in [0.1, 0.15) is 11.4 Å². The summed E-state index contributed by atoms with van der Waals surface area (Å²) in [6, 6.07) is 3.43. The molecule has 0 bridgehead atoms. The van der Waals surface area contributed by atoms with Gasteiger partial charge in [-0.05, 0) is 39.5 Å². The van der Waals surface area contributed by atoms with E-state index in [4.69, 9.17) is 18.9 Å². The van der Waals surface area contributed by atoms with Crippen LogP contribution in [0.15, 0.2) is 12.1 Å². The normalized spacial score (nSPS) is 17.6. The van der Waals surface area contributed by atoms with E-state index in [1.165, 1.54) is 0 Å². The van der Waals surface area contributed by atoms with Crippen molar-refractivity contribution in [1.29, 1.82) is 0 Å². The number of nitrogens with one attached hydrogen (secondary N) is 1. The molecule has 1 saturated heterocycles. The van der Waals surface area contributed by atoms with Crippen LogP contribution in [0.2, 0.25) is 0 Å². The third kappa shape index (κ3) is 5.05. The fourth-order valence-corrected chi connectivity index (χ4v) is 3.56. The predicted molar refractivity (Wildman–Crippen MR) is 107 cm³/mol. The van der Waals surface area contributed by atoms with E-state index in [1.807, 2.05) is 27.7 Å². The minimum absolute atomic E-state index is 0.0853. The van der Waals surface area contributed by atoms with Gasteiger partial charge in [-0.3, -0.25) is 4.79 Å². The summed E-state index contributed by atoms with van der Waals surface area (Å²) in [6.07, 6.45) is 1.22. The molecule has 1 atom stereocenters. The van der Waals surface area contributed by atoms with Crippen LogP contribution in [-0.2, 0) is 9.53 Å². The van der Waals surface area contributed by atoms with E-state index in [1.54, 1.807) is 24.1 Å². The van der Waals surface area contributed by atoms with Crippen molar-refractivity contribution in [2.75, 3.05) is 32.3 Å². The van der Waals surface area contributed by atoms with Crippen LogP contribution in [0.4, 0.5) is 10.5 Å². The van der Waals surface area contributed by atoms with E-state index < -0.39 is 5.60 Å². The lowest BCUT2D eigenvalue weighted by atomic mass is 9.85. The first kappa shape index (κ1) is 21.1. The molecule has 2 aliphatic rings. The molecule has 3 rings (SSSR count). The molecule has 1 fully saturated rings. The Hall–Kier alpha value is -2.64. The fraction of sp³-hybridized carbons (Fsp3) is 0.619. The zero-order valence-corrected chi connectivity index (χ0v) is 17.7. The Balaban J connectivity index is 1.57. The minimum atomic E-state index is -0.509. The minimum Gasteiger partial charge on any atom is -0.494 e. The molecule has 1 aromatic rings. The number of piperidine rings is 1. The molecule has 8 nitrogen and oxygen atoms in total. The fourth-order valence-electron chi connectivity index (χ4n) is 3.56. The lowest BCUT2D eigenvalue weighted by molar-refractivity contribution is -0.121. The average Bonchev–Trinajstić information content (AvgIpc) is 3.12. The number of likely N-dealkylation sites (tertiary alicyclic amines) is 1. The Kier molecular flexibility index (Phi) is 6.10. The van der Waals surface area contributed by atoms with Gasteiger partial charge in [0.25, 0.3) is 0 Å². The van der Waals surface area contributed by atoms with E-state index in [0.29, 0.717) is 36.0 Å². The van der Waals surface area contributed by atoms with Crippen molar-refractivity contribution in [2.24, 2.45) is 11.8 Å². The van der Waals surface area contributed by atoms with Gasteiger partial charge in [-0.25, -0.2) is 4.79 Å². The second-order valence-corrected chi connectivity index (χ2v) is 8.49. The number of hydrogen-bond donors (Lipinski definition) is 1. The van der Waals surface area contributed by atoms with Crippen molar-refractivity contribution in [3.8, 4) is 17.2 Å². The molecule has 1 unspecified atom stereocenters. The summed E-state index contributed by atoms with van der Waals surface area (Å²) in [5.41, 5.74) is 0.0462. The highest BCUT2D eigenvalue weighted by Crippen LogP contribution is 2.41. The van der Waals surface area contributed by atoms with E-state index in [0.717, 1.165) is 12.8 Å². The van der Waals surface area contributed by atoms with Crippen LogP contribution < -0.4 is 19.5 Å². The number of benzene rings is 1. The number of carbonyl (C=O) groups is 2. The van der Waals surface area contributed by atoms with Crippen molar-refractivity contribution < 1.29 is 28.5 Å². The molecule has 2 amide bonds. The number of hydrogen-bond acceptors (Lipinski definition) is 6. The van der Waals surface area contributed by atoms with Crippen LogP contribution in [0.3, 0.4) is 0 Å². The van der Waals surface area contributed by atoms with Gasteiger partial charge in [-0.15, -0.1) is 0 Å². The maximum atomic E-state index is 12.8. The van der Waals surface area contributed by atoms with E-state index >= 15 is 0 Å². The lowest BCUT2D eigenvalue weighted by Crippen LogP contribution is -2.43. The molecule has 0 saturated carbocycles. The first-order valence-electron chi connectivity index (χ1n) is 9.94. The number of methoxy groups -OCH3 is 1. The number of amides is 2. The van der Waals surface area contributed by atoms with E-state index in [9.17, 15) is 9.59 Å². The summed E-state index contributed by atoms with van der Waals surface area (Å²) < 4.78 is 21.5. The molecule has 8 heteroatoms. The summed E-state index contributed by atoms with van der Waals surface area (Å²) >= 11 is 0. The van der Waals surface area contributed by atoms with E-state index in [2.05, 4.69) is 5.32 Å². The number of carbonyl (C=O) groups excluding carboxylic acids is 2. The lowest BCUT2D eigenvalue weighted by Gasteiger charge is -2.35. The number of anilines is 1. The molecule has 2 heterocycles. The number of ether oxygens (including phenoxy) is 4. The Morgan fingerprint density at radius 1 is 1.17 bits per heavy atom. The Bertz CT molecular complexity index is 765. The van der Waals surface area contributed by atoms with Crippen molar-refractivity contribution in [3.63, 3.8) is 0 Å². The number of nitrogens with zero attached hydrogens (tertiary/aromatic N) is 1. The van der Waals surface area contributed by atoms with Crippen LogP contribution >= 0.6 is 0 Å². The van der Waals surface area contributed by atoms with Gasteiger partial charge < -0.3 is 29.2 Å². The molecule has 160 valence electrons. The monoisotopic (exact) mass is 406 g/mol. The van der Waals surface area contributed by atoms with Gasteiger partial charge >= 0.3 is 6.09 Å². The van der Waals surface area contributed by atoms with E-state index in [-0.39, 0.29) is 30.6 Å². The zero-order chi connectivity index (χ0) is 21.2. The number of fused-ring (bicyclic) bond motifs is 1. The molecular weight excluding hydrogens is 376 g/mol. The highest BCUT2D eigenvalue weighted by atomic mass is 16.7. The summed E-state index contributed by atoms with van der Waals surface area (Å²) in [4.78, 5) is 26.8. The van der Waals surface area contributed by atoms with Gasteiger partial charge in [-0.1, -0.05) is 6.92 Å². The topological polar surface area (TPSA) is 86.3 Å². The summed E-state index contributed by atoms with van der Waals surface area (Å²) in [5, 5.41) is 2.95. The summed E-state index contributed by atoms with van der Waals surface area (Å²) in [7, 11) is 1.54. The van der Waals surface area contributed by atoms with Gasteiger partial charge in [0.05, 0.1) is 12.8 Å². The highest BCUT2D eigenvalue weighted by molar-refractivity contribution is 5.94. The van der Waals surface area contributed by atoms with Gasteiger partial charge in [0.15, 0.2) is 11.5 Å². The van der Waals surface area contributed by atoms with Crippen LogP contribution in [0.25, 0.3) is 0 Å². The second kappa shape index (κ2) is 8.39. The van der Waals surface area contributed by atoms with Crippen LogP contribution in [0, 0.1) is 11.8 Å². The SMILES string of the molecule is COc1cc2c(cc1NC(=O)C(C)C1CCN(C(=O)OC(C)(C)C)CC1)OCO2. The van der Waals surface area contributed by atoms with Gasteiger partial charge in [0.2, 0.25) is 12.7 Å².